The summed E-state index contributed by atoms with van der Waals surface area (Å²) in [6, 6.07) is 0. The normalized spacial score (nSPS) is 17.8. The molecule has 0 aliphatic carbocycles. The second-order valence-corrected chi connectivity index (χ2v) is 2.80. The molecule has 13 heavy (non-hydrogen) atoms. The minimum Gasteiger partial charge on any atom is -0.329 e. The molecule has 66 valence electrons. The Labute approximate surface area is 77.8 Å². The maximum atomic E-state index is 11.4. The number of imide groups is 1. The summed E-state index contributed by atoms with van der Waals surface area (Å²) < 4.78 is 0. The summed E-state index contributed by atoms with van der Waals surface area (Å²) in [5.41, 5.74) is 0.943. The third kappa shape index (κ3) is 1.47. The van der Waals surface area contributed by atoms with Gasteiger partial charge in [-0.25, -0.2) is 0 Å². The lowest BCUT2D eigenvalue weighted by Crippen LogP contribution is -2.28. The molecule has 0 saturated carbocycles. The van der Waals surface area contributed by atoms with Gasteiger partial charge in [0.05, 0.1) is 0 Å². The van der Waals surface area contributed by atoms with Gasteiger partial charge in [0.15, 0.2) is 0 Å². The van der Waals surface area contributed by atoms with E-state index in [0.29, 0.717) is 11.1 Å². The third-order valence-corrected chi connectivity index (χ3v) is 1.96. The zero-order chi connectivity index (χ0) is 10.0. The molecule has 0 fully saturated rings. The van der Waals surface area contributed by atoms with Crippen molar-refractivity contribution in [2.45, 2.75) is 6.92 Å². The molecule has 0 aromatic rings. The predicted octanol–water partition coefficient (Wildman–Crippen LogP) is -0.0380. The van der Waals surface area contributed by atoms with E-state index in [9.17, 15) is 9.59 Å². The summed E-state index contributed by atoms with van der Waals surface area (Å²) in [4.78, 5) is 23.8. The maximum Gasteiger partial charge on any atom is 0.248 e. The molecule has 0 bridgehead atoms. The molecule has 0 atom stereocenters. The minimum absolute atomic E-state index is 0.228. The Bertz CT molecular complexity index is 342. The van der Waals surface area contributed by atoms with Crippen molar-refractivity contribution in [1.82, 2.24) is 4.81 Å². The van der Waals surface area contributed by atoms with Gasteiger partial charge in [-0.15, -0.1) is 0 Å². The lowest BCUT2D eigenvalue weighted by Gasteiger charge is -2.05. The molecule has 0 unspecified atom stereocenters. The highest BCUT2D eigenvalue weighted by Crippen LogP contribution is 2.19. The number of hydrogen-bond donors (Lipinski definition) is 0. The Morgan fingerprint density at radius 1 is 1.38 bits per heavy atom. The summed E-state index contributed by atoms with van der Waals surface area (Å²) in [6.07, 6.45) is 4.81. The fourth-order valence-electron chi connectivity index (χ4n) is 1.16. The van der Waals surface area contributed by atoms with E-state index in [1.165, 1.54) is 7.98 Å². The van der Waals surface area contributed by atoms with Crippen LogP contribution in [0.2, 0.25) is 0 Å². The molecule has 1 aliphatic rings. The summed E-state index contributed by atoms with van der Waals surface area (Å²) in [7, 11) is 1.48. The molecule has 1 heterocycles. The number of hydrogen-bond acceptors (Lipinski definition) is 2. The Hall–Kier alpha value is -1.58. The van der Waals surface area contributed by atoms with Gasteiger partial charge in [-0.1, -0.05) is 18.7 Å². The predicted molar refractivity (Wildman–Crippen MR) is 52.4 cm³/mol. The molecule has 2 amide bonds. The van der Waals surface area contributed by atoms with E-state index in [0.717, 1.165) is 4.81 Å². The second-order valence-electron chi connectivity index (χ2n) is 2.80. The van der Waals surface area contributed by atoms with E-state index in [4.69, 9.17) is 0 Å². The van der Waals surface area contributed by atoms with Crippen LogP contribution in [0.25, 0.3) is 0 Å². The first-order chi connectivity index (χ1) is 6.09. The van der Waals surface area contributed by atoms with Crippen molar-refractivity contribution in [2.24, 2.45) is 0 Å². The van der Waals surface area contributed by atoms with Crippen molar-refractivity contribution in [2.75, 3.05) is 0 Å². The highest BCUT2D eigenvalue weighted by Gasteiger charge is 2.30. The molecular formula is C9H10BNO2. The van der Waals surface area contributed by atoms with Crippen molar-refractivity contribution in [3.8, 4) is 0 Å². The van der Waals surface area contributed by atoms with Gasteiger partial charge in [0, 0.05) is 11.1 Å². The summed E-state index contributed by atoms with van der Waals surface area (Å²) in [5, 5.41) is 0. The third-order valence-electron chi connectivity index (χ3n) is 1.96. The molecule has 0 aromatic heterocycles. The SMILES string of the molecule is BN1C(=O)C(C)=C(/C=C\C=C)C1=O. The number of rotatable bonds is 2. The van der Waals surface area contributed by atoms with Gasteiger partial charge in [0.25, 0.3) is 0 Å². The molecule has 1 aliphatic heterocycles. The molecule has 0 radical (unpaired) electrons. The van der Waals surface area contributed by atoms with Crippen molar-refractivity contribution in [3.05, 3.63) is 36.0 Å². The average Bonchev–Trinajstić information content (AvgIpc) is 2.30. The molecule has 0 aromatic carbocycles. The lowest BCUT2D eigenvalue weighted by molar-refractivity contribution is -0.131. The summed E-state index contributed by atoms with van der Waals surface area (Å²) in [6.45, 7) is 5.14. The van der Waals surface area contributed by atoms with E-state index in [-0.39, 0.29) is 11.8 Å². The topological polar surface area (TPSA) is 37.4 Å². The Morgan fingerprint density at radius 3 is 2.38 bits per heavy atom. The van der Waals surface area contributed by atoms with Crippen LogP contribution < -0.4 is 0 Å². The molecule has 1 rings (SSSR count). The van der Waals surface area contributed by atoms with E-state index in [2.05, 4.69) is 6.58 Å². The minimum atomic E-state index is -0.249. The van der Waals surface area contributed by atoms with Crippen LogP contribution in [0.15, 0.2) is 36.0 Å². The first-order valence-corrected chi connectivity index (χ1v) is 3.92. The number of carbonyl (C=O) groups excluding carboxylic acids is 2. The summed E-state index contributed by atoms with van der Waals surface area (Å²) >= 11 is 0. The molecule has 0 spiro atoms. The largest absolute Gasteiger partial charge is 0.329 e. The Balaban J connectivity index is 3.07. The molecular weight excluding hydrogens is 165 g/mol. The van der Waals surface area contributed by atoms with Gasteiger partial charge < -0.3 is 4.81 Å². The van der Waals surface area contributed by atoms with Crippen molar-refractivity contribution < 1.29 is 9.59 Å². The lowest BCUT2D eigenvalue weighted by atomic mass is 10.1. The van der Waals surface area contributed by atoms with Crippen LogP contribution in [0.3, 0.4) is 0 Å². The van der Waals surface area contributed by atoms with Gasteiger partial charge in [0.1, 0.15) is 0 Å². The second kappa shape index (κ2) is 3.43. The average molecular weight is 175 g/mol. The fourth-order valence-corrected chi connectivity index (χ4v) is 1.16. The number of allylic oxidation sites excluding steroid dienone is 2. The van der Waals surface area contributed by atoms with Crippen LogP contribution in [-0.4, -0.2) is 24.6 Å². The number of nitrogens with zero attached hydrogens (tertiary/aromatic N) is 1. The van der Waals surface area contributed by atoms with E-state index in [1.54, 1.807) is 25.2 Å². The van der Waals surface area contributed by atoms with Crippen molar-refractivity contribution in [1.29, 1.82) is 0 Å². The molecule has 3 nitrogen and oxygen atoms in total. The van der Waals surface area contributed by atoms with E-state index in [1.807, 2.05) is 0 Å². The standard InChI is InChI=1S/C9H10BNO2/c1-3-4-5-7-6(2)8(12)11(10)9(7)13/h3-5H,1,10H2,2H3/b5-4-. The molecule has 4 heteroatoms. The van der Waals surface area contributed by atoms with E-state index >= 15 is 0 Å². The van der Waals surface area contributed by atoms with E-state index < -0.39 is 0 Å². The molecule has 0 saturated heterocycles. The zero-order valence-corrected chi connectivity index (χ0v) is 7.70. The van der Waals surface area contributed by atoms with Crippen LogP contribution in [0, 0.1) is 0 Å². The maximum absolute atomic E-state index is 11.4. The quantitative estimate of drug-likeness (QED) is 0.335. The smallest absolute Gasteiger partial charge is 0.248 e. The highest BCUT2D eigenvalue weighted by atomic mass is 16.2. The number of carbonyl (C=O) groups is 2. The van der Waals surface area contributed by atoms with Gasteiger partial charge in [-0.2, -0.15) is 0 Å². The zero-order valence-electron chi connectivity index (χ0n) is 7.70. The van der Waals surface area contributed by atoms with Crippen LogP contribution in [-0.2, 0) is 9.59 Å². The van der Waals surface area contributed by atoms with Gasteiger partial charge >= 0.3 is 0 Å². The van der Waals surface area contributed by atoms with Gasteiger partial charge in [-0.05, 0) is 13.0 Å². The monoisotopic (exact) mass is 175 g/mol. The fraction of sp³-hybridized carbons (Fsp3) is 0.111. The number of amides is 2. The highest BCUT2D eigenvalue weighted by molar-refractivity contribution is 6.35. The Morgan fingerprint density at radius 2 is 2.00 bits per heavy atom. The summed E-state index contributed by atoms with van der Waals surface area (Å²) in [5.74, 6) is -0.477. The van der Waals surface area contributed by atoms with Crippen LogP contribution in [0.4, 0.5) is 0 Å². The first kappa shape index (κ1) is 9.51. The van der Waals surface area contributed by atoms with Gasteiger partial charge in [-0.3, -0.25) is 9.59 Å². The van der Waals surface area contributed by atoms with Crippen molar-refractivity contribution in [3.63, 3.8) is 0 Å². The van der Waals surface area contributed by atoms with Crippen LogP contribution in [0.1, 0.15) is 6.92 Å². The Kier molecular flexibility index (Phi) is 2.51. The van der Waals surface area contributed by atoms with Crippen LogP contribution in [0.5, 0.6) is 0 Å². The van der Waals surface area contributed by atoms with Crippen molar-refractivity contribution >= 4 is 19.8 Å². The van der Waals surface area contributed by atoms with Crippen LogP contribution >= 0.6 is 0 Å². The van der Waals surface area contributed by atoms with Gasteiger partial charge in [0.2, 0.25) is 19.8 Å². The first-order valence-electron chi connectivity index (χ1n) is 3.92. The molecule has 0 N–H and O–H groups in total.